The van der Waals surface area contributed by atoms with Crippen LogP contribution in [0.15, 0.2) is 36.5 Å². The molecule has 1 aliphatic carbocycles. The first-order valence-corrected chi connectivity index (χ1v) is 10.4. The Morgan fingerprint density at radius 3 is 2.63 bits per heavy atom. The van der Waals surface area contributed by atoms with Crippen molar-refractivity contribution in [1.82, 2.24) is 9.97 Å². The van der Waals surface area contributed by atoms with E-state index >= 15 is 0 Å². The average Bonchev–Trinajstić information content (AvgIpc) is 2.73. The van der Waals surface area contributed by atoms with Crippen LogP contribution in [-0.4, -0.2) is 15.9 Å². The van der Waals surface area contributed by atoms with Gasteiger partial charge in [-0.2, -0.15) is 0 Å². The second-order valence-electron chi connectivity index (χ2n) is 7.76. The standard InChI is InChI=1S/C23H31N3O/c1-3-17(2)23(27)26-22-20(15-14-18-10-6-4-7-11-18)25-21(16-24-22)19-12-8-5-9-13-19/h5,8-9,12-13,16-18H,3-4,6-7,10-11,14-15H2,1-2H3,(H,24,26,27). The smallest absolute Gasteiger partial charge is 0.228 e. The lowest BCUT2D eigenvalue weighted by atomic mass is 9.86. The minimum Gasteiger partial charge on any atom is -0.309 e. The fraction of sp³-hybridized carbons (Fsp3) is 0.522. The van der Waals surface area contributed by atoms with E-state index in [-0.39, 0.29) is 11.8 Å². The summed E-state index contributed by atoms with van der Waals surface area (Å²) in [5, 5.41) is 3.02. The number of nitrogens with zero attached hydrogens (tertiary/aromatic N) is 2. The Labute approximate surface area is 162 Å². The van der Waals surface area contributed by atoms with E-state index < -0.39 is 0 Å². The van der Waals surface area contributed by atoms with Crippen LogP contribution in [0.5, 0.6) is 0 Å². The van der Waals surface area contributed by atoms with Gasteiger partial charge in [0.15, 0.2) is 5.82 Å². The fourth-order valence-electron chi connectivity index (χ4n) is 3.70. The van der Waals surface area contributed by atoms with Crippen molar-refractivity contribution in [3.63, 3.8) is 0 Å². The SMILES string of the molecule is CCC(C)C(=O)Nc1ncc(-c2ccccc2)nc1CCC1CCCCC1. The molecule has 0 saturated heterocycles. The van der Waals surface area contributed by atoms with Crippen molar-refractivity contribution in [3.8, 4) is 11.3 Å². The van der Waals surface area contributed by atoms with Gasteiger partial charge in [-0.05, 0) is 25.2 Å². The first kappa shape index (κ1) is 19.5. The molecular formula is C23H31N3O. The maximum absolute atomic E-state index is 12.4. The van der Waals surface area contributed by atoms with Gasteiger partial charge < -0.3 is 5.32 Å². The third kappa shape index (κ3) is 5.38. The molecule has 0 radical (unpaired) electrons. The maximum Gasteiger partial charge on any atom is 0.228 e. The van der Waals surface area contributed by atoms with Crippen molar-refractivity contribution in [1.29, 1.82) is 0 Å². The summed E-state index contributed by atoms with van der Waals surface area (Å²) in [6, 6.07) is 10.1. The quantitative estimate of drug-likeness (QED) is 0.690. The van der Waals surface area contributed by atoms with Gasteiger partial charge in [-0.15, -0.1) is 0 Å². The lowest BCUT2D eigenvalue weighted by Gasteiger charge is -2.21. The fourth-order valence-corrected chi connectivity index (χ4v) is 3.70. The molecular weight excluding hydrogens is 334 g/mol. The van der Waals surface area contributed by atoms with Crippen molar-refractivity contribution in [3.05, 3.63) is 42.2 Å². The molecule has 2 aromatic rings. The number of carbonyl (C=O) groups excluding carboxylic acids is 1. The number of aromatic nitrogens is 2. The Morgan fingerprint density at radius 2 is 1.93 bits per heavy atom. The van der Waals surface area contributed by atoms with Crippen LogP contribution in [0.3, 0.4) is 0 Å². The number of benzene rings is 1. The summed E-state index contributed by atoms with van der Waals surface area (Å²) in [5.41, 5.74) is 2.85. The van der Waals surface area contributed by atoms with Crippen LogP contribution >= 0.6 is 0 Å². The number of rotatable bonds is 7. The van der Waals surface area contributed by atoms with Crippen LogP contribution in [-0.2, 0) is 11.2 Å². The Kier molecular flexibility index (Phi) is 6.97. The Hall–Kier alpha value is -2.23. The molecule has 0 spiro atoms. The summed E-state index contributed by atoms with van der Waals surface area (Å²) >= 11 is 0. The van der Waals surface area contributed by atoms with E-state index in [4.69, 9.17) is 4.98 Å². The van der Waals surface area contributed by atoms with Crippen LogP contribution in [0.1, 0.15) is 64.5 Å². The zero-order valence-electron chi connectivity index (χ0n) is 16.6. The van der Waals surface area contributed by atoms with Gasteiger partial charge in [-0.25, -0.2) is 9.97 Å². The van der Waals surface area contributed by atoms with Gasteiger partial charge in [0.25, 0.3) is 0 Å². The van der Waals surface area contributed by atoms with E-state index in [0.29, 0.717) is 5.82 Å². The second-order valence-corrected chi connectivity index (χ2v) is 7.76. The van der Waals surface area contributed by atoms with Gasteiger partial charge in [0.05, 0.1) is 17.6 Å². The molecule has 1 aromatic carbocycles. The van der Waals surface area contributed by atoms with Crippen LogP contribution < -0.4 is 5.32 Å². The summed E-state index contributed by atoms with van der Waals surface area (Å²) in [7, 11) is 0. The molecule has 144 valence electrons. The van der Waals surface area contributed by atoms with Crippen LogP contribution in [0, 0.1) is 11.8 Å². The summed E-state index contributed by atoms with van der Waals surface area (Å²) < 4.78 is 0. The number of hydrogen-bond donors (Lipinski definition) is 1. The normalized spacial score (nSPS) is 16.1. The number of carbonyl (C=O) groups is 1. The van der Waals surface area contributed by atoms with E-state index in [2.05, 4.69) is 10.3 Å². The zero-order chi connectivity index (χ0) is 19.1. The Morgan fingerprint density at radius 1 is 1.19 bits per heavy atom. The first-order chi connectivity index (χ1) is 13.2. The molecule has 1 amide bonds. The van der Waals surface area contributed by atoms with Gasteiger partial charge in [0, 0.05) is 11.5 Å². The average molecular weight is 366 g/mol. The van der Waals surface area contributed by atoms with Gasteiger partial charge in [0.1, 0.15) is 0 Å². The van der Waals surface area contributed by atoms with E-state index in [1.807, 2.05) is 44.2 Å². The summed E-state index contributed by atoms with van der Waals surface area (Å²) in [4.78, 5) is 21.8. The third-order valence-electron chi connectivity index (χ3n) is 5.73. The predicted molar refractivity (Wildman–Crippen MR) is 110 cm³/mol. The lowest BCUT2D eigenvalue weighted by Crippen LogP contribution is -2.22. The molecule has 1 atom stereocenters. The van der Waals surface area contributed by atoms with Crippen molar-refractivity contribution >= 4 is 11.7 Å². The lowest BCUT2D eigenvalue weighted by molar-refractivity contribution is -0.119. The van der Waals surface area contributed by atoms with E-state index in [9.17, 15) is 4.79 Å². The molecule has 4 nitrogen and oxygen atoms in total. The van der Waals surface area contributed by atoms with Crippen LogP contribution in [0.4, 0.5) is 5.82 Å². The van der Waals surface area contributed by atoms with E-state index in [1.54, 1.807) is 6.20 Å². The molecule has 0 bridgehead atoms. The molecule has 1 N–H and O–H groups in total. The molecule has 4 heteroatoms. The molecule has 3 rings (SSSR count). The number of hydrogen-bond acceptors (Lipinski definition) is 3. The topological polar surface area (TPSA) is 54.9 Å². The second kappa shape index (κ2) is 9.63. The minimum absolute atomic E-state index is 0.0215. The van der Waals surface area contributed by atoms with Crippen molar-refractivity contribution in [2.24, 2.45) is 11.8 Å². The van der Waals surface area contributed by atoms with Crippen molar-refractivity contribution in [2.45, 2.75) is 65.2 Å². The summed E-state index contributed by atoms with van der Waals surface area (Å²) in [5.74, 6) is 1.42. The molecule has 1 fully saturated rings. The highest BCUT2D eigenvalue weighted by Gasteiger charge is 2.18. The first-order valence-electron chi connectivity index (χ1n) is 10.4. The van der Waals surface area contributed by atoms with E-state index in [0.717, 1.165) is 42.1 Å². The van der Waals surface area contributed by atoms with Crippen LogP contribution in [0.2, 0.25) is 0 Å². The third-order valence-corrected chi connectivity index (χ3v) is 5.73. The minimum atomic E-state index is -0.0215. The molecule has 0 aliphatic heterocycles. The molecule has 1 heterocycles. The monoisotopic (exact) mass is 365 g/mol. The van der Waals surface area contributed by atoms with Gasteiger partial charge in [-0.3, -0.25) is 4.79 Å². The Bertz CT molecular complexity index is 739. The van der Waals surface area contributed by atoms with Gasteiger partial charge in [0.2, 0.25) is 5.91 Å². The highest BCUT2D eigenvalue weighted by atomic mass is 16.1. The van der Waals surface area contributed by atoms with Crippen molar-refractivity contribution in [2.75, 3.05) is 5.32 Å². The van der Waals surface area contributed by atoms with Gasteiger partial charge in [-0.1, -0.05) is 76.3 Å². The molecule has 1 saturated carbocycles. The number of aryl methyl sites for hydroxylation is 1. The van der Waals surface area contributed by atoms with Crippen molar-refractivity contribution < 1.29 is 4.79 Å². The zero-order valence-corrected chi connectivity index (χ0v) is 16.6. The summed E-state index contributed by atoms with van der Waals surface area (Å²) in [6.45, 7) is 3.97. The summed E-state index contributed by atoms with van der Waals surface area (Å²) in [6.07, 6.45) is 11.3. The highest BCUT2D eigenvalue weighted by Crippen LogP contribution is 2.29. The molecule has 27 heavy (non-hydrogen) atoms. The number of nitrogens with one attached hydrogen (secondary N) is 1. The highest BCUT2D eigenvalue weighted by molar-refractivity contribution is 5.91. The molecule has 1 unspecified atom stereocenters. The number of anilines is 1. The predicted octanol–water partition coefficient (Wildman–Crippen LogP) is 5.64. The largest absolute Gasteiger partial charge is 0.309 e. The van der Waals surface area contributed by atoms with E-state index in [1.165, 1.54) is 32.1 Å². The molecule has 1 aliphatic rings. The van der Waals surface area contributed by atoms with Gasteiger partial charge >= 0.3 is 0 Å². The van der Waals surface area contributed by atoms with Crippen LogP contribution in [0.25, 0.3) is 11.3 Å². The Balaban J connectivity index is 1.81. The maximum atomic E-state index is 12.4. The molecule has 1 aromatic heterocycles. The number of amides is 1.